The zero-order valence-corrected chi connectivity index (χ0v) is 13.7. The van der Waals surface area contributed by atoms with E-state index >= 15 is 0 Å². The van der Waals surface area contributed by atoms with Gasteiger partial charge in [0, 0.05) is 24.8 Å². The maximum absolute atomic E-state index is 13.1. The molecule has 0 saturated heterocycles. The summed E-state index contributed by atoms with van der Waals surface area (Å²) in [5.74, 6) is 0. The van der Waals surface area contributed by atoms with Crippen molar-refractivity contribution >= 4 is 26.6 Å². The van der Waals surface area contributed by atoms with E-state index in [0.29, 0.717) is 10.9 Å². The molecule has 0 atom stereocenters. The molecule has 0 fully saturated rings. The first-order valence-electron chi connectivity index (χ1n) is 7.08. The average molecular weight is 367 g/mol. The quantitative estimate of drug-likeness (QED) is 0.711. The first-order chi connectivity index (χ1) is 11.7. The molecule has 0 amide bonds. The Hall–Kier alpha value is -2.68. The fraction of sp³-hybridized carbons (Fsp3) is 0.125. The summed E-state index contributed by atoms with van der Waals surface area (Å²) in [4.78, 5) is 6.44. The molecule has 0 aliphatic carbocycles. The Morgan fingerprint density at radius 1 is 0.960 bits per heavy atom. The number of nitrogens with zero attached hydrogens (tertiary/aromatic N) is 3. The van der Waals surface area contributed by atoms with Crippen LogP contribution in [0.5, 0.6) is 0 Å². The largest absolute Gasteiger partial charge is 0.434 e. The molecule has 0 bridgehead atoms. The van der Waals surface area contributed by atoms with Crippen LogP contribution in [0.4, 0.5) is 18.9 Å². The number of hydrogen-bond acceptors (Lipinski definition) is 4. The van der Waals surface area contributed by atoms with Crippen LogP contribution in [0.3, 0.4) is 0 Å². The van der Waals surface area contributed by atoms with Crippen molar-refractivity contribution in [3.63, 3.8) is 0 Å². The maximum atomic E-state index is 13.1. The molecule has 0 unspecified atom stereocenters. The van der Waals surface area contributed by atoms with Gasteiger partial charge in [0.25, 0.3) is 10.0 Å². The lowest BCUT2D eigenvalue weighted by Gasteiger charge is -2.22. The van der Waals surface area contributed by atoms with Gasteiger partial charge in [0.05, 0.1) is 11.2 Å². The second kappa shape index (κ2) is 5.99. The molecular formula is C16H12F3N3O2S. The highest BCUT2D eigenvalue weighted by Gasteiger charge is 2.40. The molecule has 3 aromatic rings. The molecule has 0 radical (unpaired) electrons. The molecule has 2 heterocycles. The molecule has 0 N–H and O–H groups in total. The summed E-state index contributed by atoms with van der Waals surface area (Å²) < 4.78 is 65.8. The van der Waals surface area contributed by atoms with E-state index in [-0.39, 0.29) is 5.69 Å². The third-order valence-electron chi connectivity index (χ3n) is 3.63. The number of aromatic nitrogens is 2. The predicted molar refractivity (Wildman–Crippen MR) is 86.6 cm³/mol. The Morgan fingerprint density at radius 3 is 2.32 bits per heavy atom. The Morgan fingerprint density at radius 2 is 1.60 bits per heavy atom. The number of para-hydroxylation sites is 1. The lowest BCUT2D eigenvalue weighted by atomic mass is 10.2. The highest BCUT2D eigenvalue weighted by molar-refractivity contribution is 7.92. The van der Waals surface area contributed by atoms with Gasteiger partial charge < -0.3 is 0 Å². The van der Waals surface area contributed by atoms with Crippen molar-refractivity contribution in [1.82, 2.24) is 9.97 Å². The van der Waals surface area contributed by atoms with Gasteiger partial charge in [-0.25, -0.2) is 8.42 Å². The van der Waals surface area contributed by atoms with Crippen molar-refractivity contribution in [1.29, 1.82) is 0 Å². The summed E-state index contributed by atoms with van der Waals surface area (Å²) in [5, 5.41) is 0.671. The normalized spacial score (nSPS) is 12.3. The van der Waals surface area contributed by atoms with Gasteiger partial charge in [-0.2, -0.15) is 13.2 Å². The van der Waals surface area contributed by atoms with Crippen LogP contribution in [-0.2, 0) is 16.2 Å². The lowest BCUT2D eigenvalue weighted by Crippen LogP contribution is -2.29. The minimum Gasteiger partial charge on any atom is -0.267 e. The Kier molecular flexibility index (Phi) is 4.11. The van der Waals surface area contributed by atoms with Crippen molar-refractivity contribution in [2.45, 2.75) is 11.1 Å². The fourth-order valence-electron chi connectivity index (χ4n) is 2.43. The number of halogens is 3. The van der Waals surface area contributed by atoms with Gasteiger partial charge in [0.15, 0.2) is 5.69 Å². The van der Waals surface area contributed by atoms with Crippen molar-refractivity contribution in [3.8, 4) is 0 Å². The molecule has 130 valence electrons. The molecule has 1 aromatic carbocycles. The molecule has 0 aliphatic heterocycles. The molecule has 3 rings (SSSR count). The number of rotatable bonds is 3. The van der Waals surface area contributed by atoms with Crippen molar-refractivity contribution < 1.29 is 21.6 Å². The zero-order valence-electron chi connectivity index (χ0n) is 12.9. The first-order valence-corrected chi connectivity index (χ1v) is 8.52. The van der Waals surface area contributed by atoms with E-state index in [9.17, 15) is 21.6 Å². The number of anilines is 1. The van der Waals surface area contributed by atoms with Gasteiger partial charge in [-0.1, -0.05) is 18.2 Å². The van der Waals surface area contributed by atoms with E-state index in [1.165, 1.54) is 19.3 Å². The SMILES string of the molecule is CN(c1cccc2cccnc12)S(=O)(=O)c1cccnc1C(F)(F)F. The van der Waals surface area contributed by atoms with Gasteiger partial charge in [-0.05, 0) is 24.3 Å². The average Bonchev–Trinajstić information content (AvgIpc) is 2.60. The van der Waals surface area contributed by atoms with E-state index in [1.54, 1.807) is 24.3 Å². The highest BCUT2D eigenvalue weighted by atomic mass is 32.2. The predicted octanol–water partition coefficient (Wildman–Crippen LogP) is 3.47. The van der Waals surface area contributed by atoms with Crippen LogP contribution in [-0.4, -0.2) is 25.4 Å². The number of sulfonamides is 1. The van der Waals surface area contributed by atoms with Crippen LogP contribution < -0.4 is 4.31 Å². The number of fused-ring (bicyclic) bond motifs is 1. The van der Waals surface area contributed by atoms with Crippen molar-refractivity contribution in [2.75, 3.05) is 11.4 Å². The lowest BCUT2D eigenvalue weighted by molar-refractivity contribution is -0.143. The topological polar surface area (TPSA) is 63.2 Å². The fourth-order valence-corrected chi connectivity index (χ4v) is 3.80. The molecule has 5 nitrogen and oxygen atoms in total. The summed E-state index contributed by atoms with van der Waals surface area (Å²) in [6.07, 6.45) is -2.50. The highest BCUT2D eigenvalue weighted by Crippen LogP contribution is 2.35. The smallest absolute Gasteiger partial charge is 0.267 e. The maximum Gasteiger partial charge on any atom is 0.434 e. The number of pyridine rings is 2. The van der Waals surface area contributed by atoms with E-state index < -0.39 is 26.8 Å². The summed E-state index contributed by atoms with van der Waals surface area (Å²) in [6, 6.07) is 10.3. The van der Waals surface area contributed by atoms with Crippen molar-refractivity contribution in [3.05, 3.63) is 60.6 Å². The summed E-state index contributed by atoms with van der Waals surface area (Å²) in [7, 11) is -3.30. The van der Waals surface area contributed by atoms with Crippen LogP contribution in [0, 0.1) is 0 Å². The monoisotopic (exact) mass is 367 g/mol. The molecule has 0 spiro atoms. The van der Waals surface area contributed by atoms with Gasteiger partial charge in [0.2, 0.25) is 0 Å². The summed E-state index contributed by atoms with van der Waals surface area (Å²) in [6.45, 7) is 0. The van der Waals surface area contributed by atoms with Gasteiger partial charge in [-0.15, -0.1) is 0 Å². The van der Waals surface area contributed by atoms with Gasteiger partial charge >= 0.3 is 6.18 Å². The molecule has 0 aliphatic rings. The molecular weight excluding hydrogens is 355 g/mol. The number of benzene rings is 1. The minimum absolute atomic E-state index is 0.176. The number of hydrogen-bond donors (Lipinski definition) is 0. The van der Waals surface area contributed by atoms with Crippen LogP contribution in [0.2, 0.25) is 0 Å². The van der Waals surface area contributed by atoms with Crippen LogP contribution in [0.15, 0.2) is 59.8 Å². The molecule has 9 heteroatoms. The van der Waals surface area contributed by atoms with Gasteiger partial charge in [0.1, 0.15) is 4.90 Å². The molecule has 25 heavy (non-hydrogen) atoms. The van der Waals surface area contributed by atoms with E-state index in [1.807, 2.05) is 0 Å². The number of alkyl halides is 3. The van der Waals surface area contributed by atoms with Gasteiger partial charge in [-0.3, -0.25) is 14.3 Å². The van der Waals surface area contributed by atoms with Crippen molar-refractivity contribution in [2.24, 2.45) is 0 Å². The second-order valence-electron chi connectivity index (χ2n) is 5.17. The molecule has 0 saturated carbocycles. The van der Waals surface area contributed by atoms with E-state index in [4.69, 9.17) is 0 Å². The Balaban J connectivity index is 2.19. The van der Waals surface area contributed by atoms with Crippen LogP contribution in [0.1, 0.15) is 5.69 Å². The minimum atomic E-state index is -4.89. The second-order valence-corrected chi connectivity index (χ2v) is 7.11. The molecule has 2 aromatic heterocycles. The van der Waals surface area contributed by atoms with Crippen LogP contribution in [0.25, 0.3) is 10.9 Å². The third-order valence-corrected chi connectivity index (χ3v) is 5.43. The van der Waals surface area contributed by atoms with Crippen LogP contribution >= 0.6 is 0 Å². The van der Waals surface area contributed by atoms with E-state index in [0.717, 1.165) is 22.6 Å². The third kappa shape index (κ3) is 3.02. The first kappa shape index (κ1) is 17.2. The summed E-state index contributed by atoms with van der Waals surface area (Å²) in [5.41, 5.74) is -0.904. The summed E-state index contributed by atoms with van der Waals surface area (Å²) >= 11 is 0. The van der Waals surface area contributed by atoms with E-state index in [2.05, 4.69) is 9.97 Å². The zero-order chi connectivity index (χ0) is 18.2. The standard InChI is InChI=1S/C16H12F3N3O2S/c1-22(12-7-2-5-11-6-3-9-20-14(11)12)25(23,24)13-8-4-10-21-15(13)16(17,18)19/h2-10H,1H3. The Bertz CT molecular complexity index is 1030. The Labute approximate surface area is 141 Å².